The fraction of sp³-hybridized carbons (Fsp3) is 0.250. The molecule has 0 fully saturated rings. The van der Waals surface area contributed by atoms with Gasteiger partial charge in [-0.25, -0.2) is 0 Å². The molecule has 2 heterocycles. The Kier molecular flexibility index (Phi) is 1.86. The summed E-state index contributed by atoms with van der Waals surface area (Å²) in [6, 6.07) is 3.68. The van der Waals surface area contributed by atoms with Gasteiger partial charge in [-0.1, -0.05) is 5.16 Å². The highest BCUT2D eigenvalue weighted by atomic mass is 16.5. The van der Waals surface area contributed by atoms with E-state index in [2.05, 4.69) is 10.3 Å². The average Bonchev–Trinajstić information content (AvgIpc) is 2.71. The molecule has 0 aliphatic rings. The maximum absolute atomic E-state index is 5.41. The van der Waals surface area contributed by atoms with Crippen molar-refractivity contribution in [1.82, 2.24) is 14.9 Å². The Balaban J connectivity index is 2.41. The van der Waals surface area contributed by atoms with Gasteiger partial charge in [0.05, 0.1) is 5.69 Å². The number of aromatic nitrogens is 3. The Bertz CT molecular complexity index is 404. The lowest BCUT2D eigenvalue weighted by Crippen LogP contribution is -1.95. The Morgan fingerprint density at radius 2 is 2.46 bits per heavy atom. The molecule has 0 aliphatic carbocycles. The summed E-state index contributed by atoms with van der Waals surface area (Å²) in [4.78, 5) is 0. The molecule has 68 valence electrons. The first kappa shape index (κ1) is 8.00. The summed E-state index contributed by atoms with van der Waals surface area (Å²) >= 11 is 0. The van der Waals surface area contributed by atoms with Gasteiger partial charge in [0.15, 0.2) is 5.76 Å². The Morgan fingerprint density at radius 3 is 3.00 bits per heavy atom. The summed E-state index contributed by atoms with van der Waals surface area (Å²) in [5, 5.41) is 7.82. The second-order valence-electron chi connectivity index (χ2n) is 2.73. The molecule has 5 heteroatoms. The molecular weight excluding hydrogens is 168 g/mol. The Hall–Kier alpha value is -1.62. The predicted octanol–water partition coefficient (Wildman–Crippen LogP) is 0.534. The van der Waals surface area contributed by atoms with E-state index in [4.69, 9.17) is 10.3 Å². The van der Waals surface area contributed by atoms with E-state index in [-0.39, 0.29) is 0 Å². The summed E-state index contributed by atoms with van der Waals surface area (Å²) < 4.78 is 6.81. The van der Waals surface area contributed by atoms with Crippen molar-refractivity contribution in [3.63, 3.8) is 0 Å². The monoisotopic (exact) mass is 178 g/mol. The van der Waals surface area contributed by atoms with E-state index in [1.807, 2.05) is 19.2 Å². The van der Waals surface area contributed by atoms with Crippen LogP contribution in [0, 0.1) is 0 Å². The molecule has 2 N–H and O–H groups in total. The first-order valence-electron chi connectivity index (χ1n) is 3.95. The van der Waals surface area contributed by atoms with Crippen molar-refractivity contribution in [2.75, 3.05) is 0 Å². The van der Waals surface area contributed by atoms with Crippen LogP contribution >= 0.6 is 0 Å². The van der Waals surface area contributed by atoms with E-state index in [9.17, 15) is 0 Å². The van der Waals surface area contributed by atoms with Crippen LogP contribution in [0.3, 0.4) is 0 Å². The van der Waals surface area contributed by atoms with Crippen LogP contribution in [-0.2, 0) is 13.6 Å². The van der Waals surface area contributed by atoms with Gasteiger partial charge in [-0.05, 0) is 6.07 Å². The average molecular weight is 178 g/mol. The van der Waals surface area contributed by atoms with Gasteiger partial charge < -0.3 is 10.3 Å². The first-order valence-corrected chi connectivity index (χ1v) is 3.95. The zero-order valence-corrected chi connectivity index (χ0v) is 7.27. The van der Waals surface area contributed by atoms with E-state index in [1.165, 1.54) is 0 Å². The second-order valence-corrected chi connectivity index (χ2v) is 2.73. The van der Waals surface area contributed by atoms with Crippen molar-refractivity contribution < 1.29 is 4.52 Å². The second kappa shape index (κ2) is 3.02. The molecule has 5 nitrogen and oxygen atoms in total. The highest BCUT2D eigenvalue weighted by molar-refractivity contribution is 5.51. The van der Waals surface area contributed by atoms with E-state index in [0.29, 0.717) is 12.3 Å². The maximum atomic E-state index is 5.41. The highest BCUT2D eigenvalue weighted by Gasteiger charge is 2.08. The highest BCUT2D eigenvalue weighted by Crippen LogP contribution is 2.18. The standard InChI is InChI=1S/C8H10N4O/c1-12-7(2-3-10-12)8-4-6(5-9)11-13-8/h2-4H,5,9H2,1H3. The number of hydrogen-bond donors (Lipinski definition) is 1. The van der Waals surface area contributed by atoms with E-state index >= 15 is 0 Å². The Labute approximate surface area is 75.1 Å². The number of aryl methyl sites for hydroxylation is 1. The van der Waals surface area contributed by atoms with Crippen LogP contribution in [0.1, 0.15) is 5.69 Å². The van der Waals surface area contributed by atoms with Crippen LogP contribution in [0.15, 0.2) is 22.9 Å². The van der Waals surface area contributed by atoms with E-state index in [1.54, 1.807) is 10.9 Å². The number of nitrogens with two attached hydrogens (primary N) is 1. The minimum atomic E-state index is 0.390. The van der Waals surface area contributed by atoms with Gasteiger partial charge in [0.2, 0.25) is 0 Å². The third-order valence-electron chi connectivity index (χ3n) is 1.84. The number of hydrogen-bond acceptors (Lipinski definition) is 4. The lowest BCUT2D eigenvalue weighted by molar-refractivity contribution is 0.420. The molecule has 13 heavy (non-hydrogen) atoms. The first-order chi connectivity index (χ1) is 6.31. The van der Waals surface area contributed by atoms with Crippen molar-refractivity contribution in [3.05, 3.63) is 24.0 Å². The third-order valence-corrected chi connectivity index (χ3v) is 1.84. The summed E-state index contributed by atoms with van der Waals surface area (Å²) in [5.41, 5.74) is 7.05. The van der Waals surface area contributed by atoms with Gasteiger partial charge in [0.25, 0.3) is 0 Å². The fourth-order valence-corrected chi connectivity index (χ4v) is 1.14. The molecule has 0 saturated heterocycles. The van der Waals surface area contributed by atoms with E-state index < -0.39 is 0 Å². The molecule has 0 atom stereocenters. The number of nitrogens with zero attached hydrogens (tertiary/aromatic N) is 3. The summed E-state index contributed by atoms with van der Waals surface area (Å²) in [6.45, 7) is 0.390. The van der Waals surface area contributed by atoms with Crippen LogP contribution < -0.4 is 5.73 Å². The zero-order chi connectivity index (χ0) is 9.26. The minimum Gasteiger partial charge on any atom is -0.354 e. The van der Waals surface area contributed by atoms with Gasteiger partial charge in [0.1, 0.15) is 5.69 Å². The lowest BCUT2D eigenvalue weighted by atomic mass is 10.3. The SMILES string of the molecule is Cn1nccc1-c1cc(CN)no1. The van der Waals surface area contributed by atoms with Crippen LogP contribution in [-0.4, -0.2) is 14.9 Å². The molecule has 0 amide bonds. The van der Waals surface area contributed by atoms with Crippen molar-refractivity contribution in [2.45, 2.75) is 6.54 Å². The van der Waals surface area contributed by atoms with E-state index in [0.717, 1.165) is 11.4 Å². The number of rotatable bonds is 2. The van der Waals surface area contributed by atoms with Crippen LogP contribution in [0.5, 0.6) is 0 Å². The van der Waals surface area contributed by atoms with Crippen LogP contribution in [0.2, 0.25) is 0 Å². The quantitative estimate of drug-likeness (QED) is 0.728. The molecule has 0 aromatic carbocycles. The summed E-state index contributed by atoms with van der Waals surface area (Å²) in [7, 11) is 1.85. The molecule has 0 saturated carbocycles. The lowest BCUT2D eigenvalue weighted by Gasteiger charge is -1.93. The minimum absolute atomic E-state index is 0.390. The topological polar surface area (TPSA) is 69.9 Å². The van der Waals surface area contributed by atoms with Gasteiger partial charge in [-0.15, -0.1) is 0 Å². The molecule has 0 bridgehead atoms. The molecular formula is C8H10N4O. The molecule has 2 aromatic heterocycles. The summed E-state index contributed by atoms with van der Waals surface area (Å²) in [5.74, 6) is 0.695. The normalized spacial score (nSPS) is 10.6. The predicted molar refractivity (Wildman–Crippen MR) is 46.6 cm³/mol. The maximum Gasteiger partial charge on any atom is 0.185 e. The fourth-order valence-electron chi connectivity index (χ4n) is 1.14. The van der Waals surface area contributed by atoms with Crippen molar-refractivity contribution in [1.29, 1.82) is 0 Å². The molecule has 0 radical (unpaired) electrons. The molecule has 2 rings (SSSR count). The Morgan fingerprint density at radius 1 is 1.62 bits per heavy atom. The van der Waals surface area contributed by atoms with Crippen LogP contribution in [0.25, 0.3) is 11.5 Å². The van der Waals surface area contributed by atoms with Crippen molar-refractivity contribution in [3.8, 4) is 11.5 Å². The van der Waals surface area contributed by atoms with Crippen molar-refractivity contribution >= 4 is 0 Å². The smallest absolute Gasteiger partial charge is 0.185 e. The molecule has 2 aromatic rings. The summed E-state index contributed by atoms with van der Waals surface area (Å²) in [6.07, 6.45) is 1.71. The third kappa shape index (κ3) is 1.33. The van der Waals surface area contributed by atoms with Crippen LogP contribution in [0.4, 0.5) is 0 Å². The largest absolute Gasteiger partial charge is 0.354 e. The molecule has 0 spiro atoms. The van der Waals surface area contributed by atoms with Gasteiger partial charge in [0, 0.05) is 25.9 Å². The zero-order valence-electron chi connectivity index (χ0n) is 7.27. The van der Waals surface area contributed by atoms with Crippen molar-refractivity contribution in [2.24, 2.45) is 12.8 Å². The van der Waals surface area contributed by atoms with Gasteiger partial charge >= 0.3 is 0 Å². The molecule has 0 aliphatic heterocycles. The molecule has 0 unspecified atom stereocenters. The van der Waals surface area contributed by atoms with Gasteiger partial charge in [-0.2, -0.15) is 5.10 Å². The van der Waals surface area contributed by atoms with Gasteiger partial charge in [-0.3, -0.25) is 4.68 Å².